The maximum absolute atomic E-state index is 14.2. The zero-order valence-electron chi connectivity index (χ0n) is 17.4. The summed E-state index contributed by atoms with van der Waals surface area (Å²) in [6.07, 6.45) is 5.07. The quantitative estimate of drug-likeness (QED) is 0.336. The lowest BCUT2D eigenvalue weighted by molar-refractivity contribution is -0.0194. The van der Waals surface area contributed by atoms with E-state index >= 15 is 0 Å². The molecule has 156 valence electrons. The van der Waals surface area contributed by atoms with Gasteiger partial charge in [0, 0.05) is 6.42 Å². The van der Waals surface area contributed by atoms with Crippen LogP contribution in [-0.2, 0) is 20.8 Å². The van der Waals surface area contributed by atoms with Crippen molar-refractivity contribution in [3.8, 4) is 0 Å². The number of rotatable bonds is 9. The van der Waals surface area contributed by atoms with Crippen molar-refractivity contribution in [2.45, 2.75) is 65.6 Å². The third kappa shape index (κ3) is 6.06. The van der Waals surface area contributed by atoms with Crippen LogP contribution in [0.15, 0.2) is 47.4 Å². The molecule has 1 fully saturated rings. The Morgan fingerprint density at radius 2 is 1.82 bits per heavy atom. The Kier molecular flexibility index (Phi) is 8.97. The first kappa shape index (κ1) is 22.4. The molecule has 2 atom stereocenters. The van der Waals surface area contributed by atoms with Gasteiger partial charge in [-0.05, 0) is 43.2 Å². The summed E-state index contributed by atoms with van der Waals surface area (Å²) in [7, 11) is 1.30. The van der Waals surface area contributed by atoms with Gasteiger partial charge in [0.1, 0.15) is 18.1 Å². The van der Waals surface area contributed by atoms with E-state index in [1.165, 1.54) is 33.3 Å². The molecule has 0 aliphatic carbocycles. The molecule has 0 saturated carbocycles. The summed E-state index contributed by atoms with van der Waals surface area (Å²) in [4.78, 5) is 0. The lowest BCUT2D eigenvalue weighted by atomic mass is 9.91. The molecule has 1 heterocycles. The van der Waals surface area contributed by atoms with Gasteiger partial charge in [0.2, 0.25) is 0 Å². The second-order valence-corrected chi connectivity index (χ2v) is 7.25. The van der Waals surface area contributed by atoms with Gasteiger partial charge in [0.25, 0.3) is 0 Å². The molecule has 0 aromatic heterocycles. The van der Waals surface area contributed by atoms with Crippen LogP contribution in [0.3, 0.4) is 0 Å². The van der Waals surface area contributed by atoms with Gasteiger partial charge in [-0.1, -0.05) is 44.5 Å². The van der Waals surface area contributed by atoms with Crippen molar-refractivity contribution in [2.75, 3.05) is 13.7 Å². The standard InChI is InChI=1S/C23H32F2O3/c1-5-7-17-10-13-21(28-14-17)19-11-8-18(9-12-19)15-27-20(6-2)23(25)22(24)16(3)26-4/h8-9,11-12,17,21H,5-7,10,13-15H2,1-4H3/b22-16-,23-20-. The minimum atomic E-state index is -1.02. The van der Waals surface area contributed by atoms with Crippen molar-refractivity contribution in [1.82, 2.24) is 0 Å². The molecule has 1 aliphatic heterocycles. The van der Waals surface area contributed by atoms with Gasteiger partial charge in [-0.15, -0.1) is 0 Å². The number of hydrogen-bond acceptors (Lipinski definition) is 3. The number of ether oxygens (including phenoxy) is 3. The molecule has 0 bridgehead atoms. The van der Waals surface area contributed by atoms with Crippen LogP contribution in [0.2, 0.25) is 0 Å². The van der Waals surface area contributed by atoms with E-state index < -0.39 is 11.7 Å². The van der Waals surface area contributed by atoms with E-state index in [4.69, 9.17) is 14.2 Å². The molecule has 0 N–H and O–H groups in total. The molecule has 0 amide bonds. The Morgan fingerprint density at radius 1 is 1.11 bits per heavy atom. The highest BCUT2D eigenvalue weighted by Gasteiger charge is 2.22. The van der Waals surface area contributed by atoms with Crippen LogP contribution in [0.1, 0.15) is 70.1 Å². The first-order valence-corrected chi connectivity index (χ1v) is 10.1. The van der Waals surface area contributed by atoms with Crippen molar-refractivity contribution in [1.29, 1.82) is 0 Å². The fourth-order valence-electron chi connectivity index (χ4n) is 3.39. The van der Waals surface area contributed by atoms with E-state index in [2.05, 4.69) is 6.92 Å². The molecule has 1 aromatic rings. The topological polar surface area (TPSA) is 27.7 Å². The predicted octanol–water partition coefficient (Wildman–Crippen LogP) is 6.91. The molecule has 28 heavy (non-hydrogen) atoms. The molecular weight excluding hydrogens is 362 g/mol. The Labute approximate surface area is 167 Å². The van der Waals surface area contributed by atoms with Crippen molar-refractivity contribution in [3.63, 3.8) is 0 Å². The average Bonchev–Trinajstić information content (AvgIpc) is 2.74. The van der Waals surface area contributed by atoms with Gasteiger partial charge in [-0.2, -0.15) is 8.78 Å². The van der Waals surface area contributed by atoms with Crippen LogP contribution in [0.25, 0.3) is 0 Å². The van der Waals surface area contributed by atoms with Gasteiger partial charge in [0.05, 0.1) is 19.8 Å². The van der Waals surface area contributed by atoms with Gasteiger partial charge in [-0.25, -0.2) is 0 Å². The number of hydrogen-bond donors (Lipinski definition) is 0. The molecule has 2 unspecified atom stereocenters. The fraction of sp³-hybridized carbons (Fsp3) is 0.565. The highest BCUT2D eigenvalue weighted by Crippen LogP contribution is 2.32. The van der Waals surface area contributed by atoms with Crippen LogP contribution < -0.4 is 0 Å². The number of methoxy groups -OCH3 is 1. The largest absolute Gasteiger partial charge is 0.498 e. The Morgan fingerprint density at radius 3 is 2.36 bits per heavy atom. The Hall–Kier alpha value is -1.88. The first-order valence-electron chi connectivity index (χ1n) is 10.1. The summed E-state index contributed by atoms with van der Waals surface area (Å²) in [5, 5.41) is 0. The van der Waals surface area contributed by atoms with Crippen LogP contribution in [0, 0.1) is 5.92 Å². The zero-order valence-corrected chi connectivity index (χ0v) is 17.4. The van der Waals surface area contributed by atoms with E-state index in [9.17, 15) is 8.78 Å². The predicted molar refractivity (Wildman–Crippen MR) is 107 cm³/mol. The first-order chi connectivity index (χ1) is 13.5. The molecule has 3 nitrogen and oxygen atoms in total. The van der Waals surface area contributed by atoms with Crippen molar-refractivity contribution in [2.24, 2.45) is 5.92 Å². The van der Waals surface area contributed by atoms with E-state index in [0.717, 1.165) is 24.2 Å². The maximum Gasteiger partial charge on any atom is 0.199 e. The molecule has 1 aliphatic rings. The van der Waals surface area contributed by atoms with Crippen LogP contribution >= 0.6 is 0 Å². The van der Waals surface area contributed by atoms with Gasteiger partial charge < -0.3 is 14.2 Å². The lowest BCUT2D eigenvalue weighted by Crippen LogP contribution is -2.20. The molecule has 0 spiro atoms. The molecule has 2 rings (SSSR count). The Balaban J connectivity index is 1.95. The summed E-state index contributed by atoms with van der Waals surface area (Å²) in [5.41, 5.74) is 2.05. The van der Waals surface area contributed by atoms with Crippen molar-refractivity contribution < 1.29 is 23.0 Å². The monoisotopic (exact) mass is 394 g/mol. The van der Waals surface area contributed by atoms with Crippen molar-refractivity contribution >= 4 is 0 Å². The van der Waals surface area contributed by atoms with Crippen LogP contribution in [0.5, 0.6) is 0 Å². The van der Waals surface area contributed by atoms with E-state index in [1.807, 2.05) is 24.3 Å². The van der Waals surface area contributed by atoms with Gasteiger partial charge >= 0.3 is 0 Å². The summed E-state index contributed by atoms with van der Waals surface area (Å²) in [6, 6.07) is 7.97. The molecule has 1 aromatic carbocycles. The minimum absolute atomic E-state index is 0.0180. The maximum atomic E-state index is 14.2. The average molecular weight is 395 g/mol. The molecular formula is C23H32F2O3. The van der Waals surface area contributed by atoms with E-state index in [0.29, 0.717) is 5.92 Å². The van der Waals surface area contributed by atoms with Crippen molar-refractivity contribution in [3.05, 3.63) is 58.6 Å². The third-order valence-corrected chi connectivity index (χ3v) is 5.21. The molecule has 1 saturated heterocycles. The summed E-state index contributed by atoms with van der Waals surface area (Å²) in [5.74, 6) is -1.47. The molecule has 5 heteroatoms. The van der Waals surface area contributed by atoms with Crippen LogP contribution in [0.4, 0.5) is 8.78 Å². The van der Waals surface area contributed by atoms with Gasteiger partial charge in [-0.3, -0.25) is 0 Å². The fourth-order valence-corrected chi connectivity index (χ4v) is 3.39. The minimum Gasteiger partial charge on any atom is -0.498 e. The number of benzene rings is 1. The van der Waals surface area contributed by atoms with E-state index in [-0.39, 0.29) is 30.6 Å². The molecule has 0 radical (unpaired) electrons. The lowest BCUT2D eigenvalue weighted by Gasteiger charge is -2.29. The SMILES string of the molecule is CCCC1CCC(c2ccc(CO/C(CC)=C(F)/C(F)=C(\C)OC)cc2)OC1. The second-order valence-electron chi connectivity index (χ2n) is 7.25. The van der Waals surface area contributed by atoms with E-state index in [1.54, 1.807) is 6.92 Å². The summed E-state index contributed by atoms with van der Waals surface area (Å²) >= 11 is 0. The smallest absolute Gasteiger partial charge is 0.199 e. The zero-order chi connectivity index (χ0) is 20.5. The van der Waals surface area contributed by atoms with Gasteiger partial charge in [0.15, 0.2) is 11.7 Å². The number of halogens is 2. The highest BCUT2D eigenvalue weighted by atomic mass is 19.2. The van der Waals surface area contributed by atoms with Crippen LogP contribution in [-0.4, -0.2) is 13.7 Å². The second kappa shape index (κ2) is 11.2. The summed E-state index contributed by atoms with van der Waals surface area (Å²) < 4.78 is 44.4. The Bertz CT molecular complexity index is 672. The third-order valence-electron chi connectivity index (χ3n) is 5.21. The summed E-state index contributed by atoms with van der Waals surface area (Å²) in [6.45, 7) is 6.31. The number of allylic oxidation sites excluding steroid dienone is 4. The normalized spacial score (nSPS) is 21.6. The highest BCUT2D eigenvalue weighted by molar-refractivity contribution is 5.26.